The topological polar surface area (TPSA) is 40.9 Å². The van der Waals surface area contributed by atoms with E-state index in [1.165, 1.54) is 0 Å². The van der Waals surface area contributed by atoms with Gasteiger partial charge >= 0.3 is 0 Å². The molecule has 2 rings (SSSR count). The van der Waals surface area contributed by atoms with Gasteiger partial charge in [0.15, 0.2) is 6.29 Å². The van der Waals surface area contributed by atoms with Gasteiger partial charge in [0.05, 0.1) is 5.57 Å². The summed E-state index contributed by atoms with van der Waals surface area (Å²) in [7, 11) is 0. The maximum absolute atomic E-state index is 10.8. The molecule has 0 radical (unpaired) electrons. The molecule has 2 heteroatoms. The van der Waals surface area contributed by atoms with Crippen molar-refractivity contribution in [3.05, 3.63) is 70.9 Å². The largest absolute Gasteiger partial charge is 0.297 e. The van der Waals surface area contributed by atoms with Gasteiger partial charge < -0.3 is 0 Å². The van der Waals surface area contributed by atoms with Gasteiger partial charge in [-0.05, 0) is 23.1 Å². The van der Waals surface area contributed by atoms with Crippen LogP contribution in [0.4, 0.5) is 0 Å². The Morgan fingerprint density at radius 2 is 1.71 bits per heavy atom. The Kier molecular flexibility index (Phi) is 3.32. The number of nitrogens with zero attached hydrogens (tertiary/aromatic N) is 1. The summed E-state index contributed by atoms with van der Waals surface area (Å²) in [5, 5.41) is 8.85. The molecule has 0 fully saturated rings. The summed E-state index contributed by atoms with van der Waals surface area (Å²) in [6, 6.07) is 1.91. The van der Waals surface area contributed by atoms with Crippen molar-refractivity contribution < 1.29 is 4.79 Å². The predicted octanol–water partition coefficient (Wildman–Crippen LogP) is 2.94. The third-order valence-corrected chi connectivity index (χ3v) is 2.64. The van der Waals surface area contributed by atoms with Crippen LogP contribution in [0.5, 0.6) is 0 Å². The molecule has 0 unspecified atom stereocenters. The fourth-order valence-corrected chi connectivity index (χ4v) is 1.73. The minimum absolute atomic E-state index is 0.158. The molecule has 0 aromatic heterocycles. The number of allylic oxidation sites excluding steroid dienone is 12. The smallest absolute Gasteiger partial charge is 0.161 e. The van der Waals surface area contributed by atoms with Crippen molar-refractivity contribution in [1.29, 1.82) is 5.26 Å². The van der Waals surface area contributed by atoms with Gasteiger partial charge in [0.25, 0.3) is 0 Å². The molecule has 0 saturated heterocycles. The number of nitriles is 1. The average molecular weight is 221 g/mol. The number of hydrogen-bond acceptors (Lipinski definition) is 2. The van der Waals surface area contributed by atoms with E-state index in [1.807, 2.05) is 54.7 Å². The van der Waals surface area contributed by atoms with Gasteiger partial charge in [0.1, 0.15) is 6.07 Å². The molecule has 0 amide bonds. The molecule has 2 aliphatic carbocycles. The van der Waals surface area contributed by atoms with Crippen molar-refractivity contribution in [3.8, 4) is 6.07 Å². The van der Waals surface area contributed by atoms with Gasteiger partial charge in [0, 0.05) is 0 Å². The van der Waals surface area contributed by atoms with Crippen LogP contribution in [0.2, 0.25) is 0 Å². The van der Waals surface area contributed by atoms with Crippen LogP contribution in [-0.2, 0) is 4.79 Å². The van der Waals surface area contributed by atoms with E-state index in [2.05, 4.69) is 0 Å². The Morgan fingerprint density at radius 1 is 1.12 bits per heavy atom. The normalized spacial score (nSPS) is 21.0. The minimum Gasteiger partial charge on any atom is -0.297 e. The second-order valence-electron chi connectivity index (χ2n) is 3.81. The standard InChI is InChI=1S/C15H11NO/c16-10-15(11-17)14-7-5-12-3-1-2-4-13(9-12)6-8-14/h1-8,11H,9H2/b7-5-,8-6-. The number of carbonyl (C=O) groups is 1. The maximum atomic E-state index is 10.8. The van der Waals surface area contributed by atoms with Crippen molar-refractivity contribution in [2.24, 2.45) is 0 Å². The Bertz CT molecular complexity index is 526. The minimum atomic E-state index is 0.158. The lowest BCUT2D eigenvalue weighted by Crippen LogP contribution is -1.91. The lowest BCUT2D eigenvalue weighted by atomic mass is 9.98. The first-order valence-electron chi connectivity index (χ1n) is 5.35. The van der Waals surface area contributed by atoms with E-state index in [4.69, 9.17) is 5.26 Å². The predicted molar refractivity (Wildman–Crippen MR) is 66.9 cm³/mol. The van der Waals surface area contributed by atoms with Gasteiger partial charge in [-0.2, -0.15) is 5.26 Å². The zero-order valence-corrected chi connectivity index (χ0v) is 9.26. The molecule has 0 saturated carbocycles. The zero-order valence-electron chi connectivity index (χ0n) is 9.26. The highest BCUT2D eigenvalue weighted by atomic mass is 16.1. The van der Waals surface area contributed by atoms with E-state index in [0.717, 1.165) is 17.6 Å². The van der Waals surface area contributed by atoms with Crippen LogP contribution in [0, 0.1) is 11.3 Å². The van der Waals surface area contributed by atoms with Crippen LogP contribution in [-0.4, -0.2) is 6.29 Å². The number of hydrogen-bond donors (Lipinski definition) is 0. The number of carbonyl (C=O) groups excluding carboxylic acids is 1. The summed E-state index contributed by atoms with van der Waals surface area (Å²) in [6.07, 6.45) is 17.0. The Hall–Kier alpha value is -2.40. The van der Waals surface area contributed by atoms with Crippen LogP contribution in [0.1, 0.15) is 6.42 Å². The van der Waals surface area contributed by atoms with Crippen molar-refractivity contribution in [3.63, 3.8) is 0 Å². The number of fused-ring (bicyclic) bond motifs is 2. The van der Waals surface area contributed by atoms with E-state index < -0.39 is 0 Å². The first kappa shape index (κ1) is 11.1. The lowest BCUT2D eigenvalue weighted by Gasteiger charge is -2.06. The summed E-state index contributed by atoms with van der Waals surface area (Å²) in [4.78, 5) is 10.8. The monoisotopic (exact) mass is 221 g/mol. The molecule has 0 aromatic rings. The van der Waals surface area contributed by atoms with Crippen LogP contribution in [0.25, 0.3) is 0 Å². The second kappa shape index (κ2) is 5.09. The summed E-state index contributed by atoms with van der Waals surface area (Å²) >= 11 is 0. The molecule has 0 atom stereocenters. The molecule has 17 heavy (non-hydrogen) atoms. The molecule has 0 N–H and O–H groups in total. The second-order valence-corrected chi connectivity index (χ2v) is 3.81. The fraction of sp³-hybridized carbons (Fsp3) is 0.0667. The highest BCUT2D eigenvalue weighted by molar-refractivity contribution is 5.82. The highest BCUT2D eigenvalue weighted by Crippen LogP contribution is 2.22. The van der Waals surface area contributed by atoms with Crippen molar-refractivity contribution in [2.45, 2.75) is 6.42 Å². The SMILES string of the molecule is N#CC(C=O)=C1/C=C\C2=CC=CC=C(/C=C\1)C2. The van der Waals surface area contributed by atoms with Gasteiger partial charge in [-0.25, -0.2) is 0 Å². The first-order valence-corrected chi connectivity index (χ1v) is 5.35. The summed E-state index contributed by atoms with van der Waals surface area (Å²) in [5.41, 5.74) is 3.14. The molecule has 2 aliphatic rings. The van der Waals surface area contributed by atoms with E-state index in [9.17, 15) is 4.79 Å². The molecular weight excluding hydrogens is 210 g/mol. The van der Waals surface area contributed by atoms with Crippen LogP contribution in [0.3, 0.4) is 0 Å². The Morgan fingerprint density at radius 3 is 2.18 bits per heavy atom. The highest BCUT2D eigenvalue weighted by Gasteiger charge is 2.05. The molecule has 2 nitrogen and oxygen atoms in total. The van der Waals surface area contributed by atoms with Crippen molar-refractivity contribution in [1.82, 2.24) is 0 Å². The van der Waals surface area contributed by atoms with Gasteiger partial charge in [-0.1, -0.05) is 48.6 Å². The number of aldehydes is 1. The molecule has 2 bridgehead atoms. The zero-order chi connectivity index (χ0) is 12.1. The molecule has 0 aromatic carbocycles. The quantitative estimate of drug-likeness (QED) is 0.388. The maximum Gasteiger partial charge on any atom is 0.161 e. The first-order chi connectivity index (χ1) is 8.33. The van der Waals surface area contributed by atoms with E-state index in [0.29, 0.717) is 11.9 Å². The number of rotatable bonds is 1. The summed E-state index contributed by atoms with van der Waals surface area (Å²) in [6.45, 7) is 0. The Balaban J connectivity index is 2.51. The molecule has 0 spiro atoms. The lowest BCUT2D eigenvalue weighted by molar-refractivity contribution is -0.104. The van der Waals surface area contributed by atoms with Crippen LogP contribution in [0.15, 0.2) is 70.9 Å². The van der Waals surface area contributed by atoms with Crippen LogP contribution >= 0.6 is 0 Å². The van der Waals surface area contributed by atoms with Gasteiger partial charge in [-0.15, -0.1) is 0 Å². The van der Waals surface area contributed by atoms with Crippen LogP contribution < -0.4 is 0 Å². The Labute approximate surface area is 100 Å². The van der Waals surface area contributed by atoms with Crippen molar-refractivity contribution >= 4 is 6.29 Å². The summed E-state index contributed by atoms with van der Waals surface area (Å²) < 4.78 is 0. The summed E-state index contributed by atoms with van der Waals surface area (Å²) in [5.74, 6) is 0. The average Bonchev–Trinajstić information content (AvgIpc) is 2.57. The van der Waals surface area contributed by atoms with Gasteiger partial charge in [-0.3, -0.25) is 4.79 Å². The third-order valence-electron chi connectivity index (χ3n) is 2.64. The van der Waals surface area contributed by atoms with E-state index >= 15 is 0 Å². The third kappa shape index (κ3) is 2.59. The van der Waals surface area contributed by atoms with E-state index in [1.54, 1.807) is 0 Å². The molecule has 0 heterocycles. The van der Waals surface area contributed by atoms with E-state index in [-0.39, 0.29) is 5.57 Å². The fourth-order valence-electron chi connectivity index (χ4n) is 1.73. The van der Waals surface area contributed by atoms with Crippen molar-refractivity contribution in [2.75, 3.05) is 0 Å². The van der Waals surface area contributed by atoms with Gasteiger partial charge in [0.2, 0.25) is 0 Å². The molecular formula is C15H11NO. The molecule has 82 valence electrons. The molecule has 0 aliphatic heterocycles.